The molecule has 1 unspecified atom stereocenters. The Labute approximate surface area is 63.2 Å². The molecule has 1 radical (unpaired) electrons. The van der Waals surface area contributed by atoms with Crippen LogP contribution >= 0.6 is 0 Å². The molecule has 0 amide bonds. The van der Waals surface area contributed by atoms with E-state index >= 15 is 0 Å². The summed E-state index contributed by atoms with van der Waals surface area (Å²) < 4.78 is 0. The van der Waals surface area contributed by atoms with Crippen molar-refractivity contribution in [2.45, 2.75) is 32.9 Å². The molecule has 0 spiro atoms. The molecule has 0 bridgehead atoms. The lowest BCUT2D eigenvalue weighted by atomic mass is 10.2. The SMILES string of the molecule is [CH2]C(C=O)N(CC)C(C)C. The van der Waals surface area contributed by atoms with Gasteiger partial charge in [0.15, 0.2) is 0 Å². The molecular formula is C8H16NO. The number of carbonyl (C=O) groups is 1. The molecule has 0 aliphatic carbocycles. The highest BCUT2D eigenvalue weighted by Crippen LogP contribution is 2.01. The Morgan fingerprint density at radius 2 is 2.10 bits per heavy atom. The average Bonchev–Trinajstić information content (AvgIpc) is 1.88. The summed E-state index contributed by atoms with van der Waals surface area (Å²) in [5.74, 6) is 0. The van der Waals surface area contributed by atoms with Crippen molar-refractivity contribution in [3.05, 3.63) is 6.92 Å². The van der Waals surface area contributed by atoms with E-state index in [-0.39, 0.29) is 6.04 Å². The van der Waals surface area contributed by atoms with Crippen molar-refractivity contribution in [3.63, 3.8) is 0 Å². The van der Waals surface area contributed by atoms with Crippen LogP contribution in [-0.2, 0) is 4.79 Å². The Balaban J connectivity index is 3.92. The van der Waals surface area contributed by atoms with Crippen molar-refractivity contribution in [2.24, 2.45) is 0 Å². The molecule has 0 aromatic heterocycles. The van der Waals surface area contributed by atoms with Crippen LogP contribution in [-0.4, -0.2) is 29.8 Å². The maximum atomic E-state index is 10.3. The van der Waals surface area contributed by atoms with Crippen LogP contribution in [0.15, 0.2) is 0 Å². The average molecular weight is 142 g/mol. The van der Waals surface area contributed by atoms with E-state index in [1.165, 1.54) is 0 Å². The van der Waals surface area contributed by atoms with Gasteiger partial charge in [0.2, 0.25) is 0 Å². The Kier molecular flexibility index (Phi) is 4.28. The van der Waals surface area contributed by atoms with E-state index in [0.29, 0.717) is 6.04 Å². The Morgan fingerprint density at radius 3 is 2.20 bits per heavy atom. The van der Waals surface area contributed by atoms with Crippen molar-refractivity contribution in [1.29, 1.82) is 0 Å². The maximum absolute atomic E-state index is 10.3. The fourth-order valence-electron chi connectivity index (χ4n) is 1.06. The molecule has 0 aliphatic heterocycles. The normalized spacial score (nSPS) is 14.2. The number of nitrogens with zero attached hydrogens (tertiary/aromatic N) is 1. The summed E-state index contributed by atoms with van der Waals surface area (Å²) in [4.78, 5) is 12.3. The first-order chi connectivity index (χ1) is 4.63. The van der Waals surface area contributed by atoms with Crippen molar-refractivity contribution < 1.29 is 4.79 Å². The van der Waals surface area contributed by atoms with Gasteiger partial charge < -0.3 is 4.79 Å². The summed E-state index contributed by atoms with van der Waals surface area (Å²) in [5.41, 5.74) is 0. The molecule has 0 aromatic rings. The lowest BCUT2D eigenvalue weighted by molar-refractivity contribution is -0.111. The molecule has 0 N–H and O–H groups in total. The topological polar surface area (TPSA) is 20.3 Å². The molecule has 59 valence electrons. The molecule has 0 aliphatic rings. The van der Waals surface area contributed by atoms with Crippen LogP contribution in [0.5, 0.6) is 0 Å². The molecular weight excluding hydrogens is 126 g/mol. The van der Waals surface area contributed by atoms with Gasteiger partial charge in [-0.2, -0.15) is 0 Å². The number of aldehydes is 1. The summed E-state index contributed by atoms with van der Waals surface area (Å²) in [6.07, 6.45) is 0.878. The van der Waals surface area contributed by atoms with Gasteiger partial charge in [-0.1, -0.05) is 6.92 Å². The van der Waals surface area contributed by atoms with Gasteiger partial charge in [-0.25, -0.2) is 0 Å². The van der Waals surface area contributed by atoms with E-state index in [4.69, 9.17) is 0 Å². The molecule has 2 nitrogen and oxygen atoms in total. The zero-order chi connectivity index (χ0) is 8.15. The minimum absolute atomic E-state index is 0.190. The van der Waals surface area contributed by atoms with Crippen LogP contribution in [0.3, 0.4) is 0 Å². The Hall–Kier alpha value is -0.370. The second-order valence-corrected chi connectivity index (χ2v) is 2.63. The Morgan fingerprint density at radius 1 is 1.60 bits per heavy atom. The van der Waals surface area contributed by atoms with Crippen molar-refractivity contribution in [1.82, 2.24) is 4.90 Å². The molecule has 0 aromatic carbocycles. The van der Waals surface area contributed by atoms with Crippen molar-refractivity contribution in [2.75, 3.05) is 6.54 Å². The highest BCUT2D eigenvalue weighted by Gasteiger charge is 2.13. The first-order valence-corrected chi connectivity index (χ1v) is 3.67. The van der Waals surface area contributed by atoms with E-state index in [1.807, 2.05) is 11.8 Å². The van der Waals surface area contributed by atoms with Gasteiger partial charge >= 0.3 is 0 Å². The molecule has 0 saturated carbocycles. The van der Waals surface area contributed by atoms with Crippen molar-refractivity contribution in [3.8, 4) is 0 Å². The van der Waals surface area contributed by atoms with Crippen LogP contribution in [0, 0.1) is 6.92 Å². The second kappa shape index (κ2) is 4.45. The largest absolute Gasteiger partial charge is 0.302 e. The fourth-order valence-corrected chi connectivity index (χ4v) is 1.06. The van der Waals surface area contributed by atoms with Gasteiger partial charge in [-0.3, -0.25) is 4.90 Å². The summed E-state index contributed by atoms with van der Waals surface area (Å²) in [5, 5.41) is 0. The Bertz CT molecular complexity index is 101. The summed E-state index contributed by atoms with van der Waals surface area (Å²) >= 11 is 0. The third kappa shape index (κ3) is 2.48. The molecule has 1 atom stereocenters. The maximum Gasteiger partial charge on any atom is 0.137 e. The molecule has 0 rings (SSSR count). The van der Waals surface area contributed by atoms with E-state index < -0.39 is 0 Å². The highest BCUT2D eigenvalue weighted by atomic mass is 16.1. The minimum atomic E-state index is -0.190. The quantitative estimate of drug-likeness (QED) is 0.548. The molecule has 10 heavy (non-hydrogen) atoms. The highest BCUT2D eigenvalue weighted by molar-refractivity contribution is 5.58. The zero-order valence-electron chi connectivity index (χ0n) is 7.00. The molecule has 0 saturated heterocycles. The van der Waals surface area contributed by atoms with Gasteiger partial charge in [0, 0.05) is 6.04 Å². The molecule has 0 fully saturated rings. The van der Waals surface area contributed by atoms with Gasteiger partial charge in [0.25, 0.3) is 0 Å². The minimum Gasteiger partial charge on any atom is -0.302 e. The van der Waals surface area contributed by atoms with Gasteiger partial charge in [0.05, 0.1) is 6.04 Å². The van der Waals surface area contributed by atoms with Crippen molar-refractivity contribution >= 4 is 6.29 Å². The molecule has 0 heterocycles. The summed E-state index contributed by atoms with van der Waals surface area (Å²) in [6, 6.07) is 0.211. The number of rotatable bonds is 4. The number of likely N-dealkylation sites (N-methyl/N-ethyl adjacent to an activating group) is 1. The van der Waals surface area contributed by atoms with Crippen LogP contribution < -0.4 is 0 Å². The molecule has 2 heteroatoms. The summed E-state index contributed by atoms with van der Waals surface area (Å²) in [6.45, 7) is 10.7. The number of carbonyl (C=O) groups excluding carboxylic acids is 1. The predicted octanol–water partition coefficient (Wildman–Crippen LogP) is 1.12. The standard InChI is InChI=1S/C8H16NO/c1-5-9(7(2)3)8(4)6-10/h6-8H,4-5H2,1-3H3. The second-order valence-electron chi connectivity index (χ2n) is 2.63. The summed E-state index contributed by atoms with van der Waals surface area (Å²) in [7, 11) is 0. The first kappa shape index (κ1) is 9.63. The van der Waals surface area contributed by atoms with E-state index in [0.717, 1.165) is 12.8 Å². The first-order valence-electron chi connectivity index (χ1n) is 3.67. The van der Waals surface area contributed by atoms with Crippen LogP contribution in [0.1, 0.15) is 20.8 Å². The lowest BCUT2D eigenvalue weighted by Crippen LogP contribution is -2.39. The monoisotopic (exact) mass is 142 g/mol. The van der Waals surface area contributed by atoms with Gasteiger partial charge in [-0.15, -0.1) is 0 Å². The van der Waals surface area contributed by atoms with Crippen LogP contribution in [0.2, 0.25) is 0 Å². The van der Waals surface area contributed by atoms with Gasteiger partial charge in [0.1, 0.15) is 6.29 Å². The van der Waals surface area contributed by atoms with Crippen LogP contribution in [0.25, 0.3) is 0 Å². The van der Waals surface area contributed by atoms with E-state index in [9.17, 15) is 4.79 Å². The van der Waals surface area contributed by atoms with E-state index in [1.54, 1.807) is 0 Å². The fraction of sp³-hybridized carbons (Fsp3) is 0.750. The van der Waals surface area contributed by atoms with E-state index in [2.05, 4.69) is 20.8 Å². The predicted molar refractivity (Wildman–Crippen MR) is 42.7 cm³/mol. The van der Waals surface area contributed by atoms with Gasteiger partial charge in [-0.05, 0) is 27.3 Å². The number of hydrogen-bond donors (Lipinski definition) is 0. The zero-order valence-corrected chi connectivity index (χ0v) is 7.00. The third-order valence-corrected chi connectivity index (χ3v) is 1.61. The third-order valence-electron chi connectivity index (χ3n) is 1.61. The van der Waals surface area contributed by atoms with Crippen LogP contribution in [0.4, 0.5) is 0 Å². The number of hydrogen-bond acceptors (Lipinski definition) is 2. The smallest absolute Gasteiger partial charge is 0.137 e. The lowest BCUT2D eigenvalue weighted by Gasteiger charge is -2.27.